The first-order valence-electron chi connectivity index (χ1n) is 9.58. The van der Waals surface area contributed by atoms with Gasteiger partial charge in [0.25, 0.3) is 0 Å². The molecular weight excluding hydrogens is 323 g/mol. The van der Waals surface area contributed by atoms with Gasteiger partial charge in [0.05, 0.1) is 6.61 Å². The zero-order valence-corrected chi connectivity index (χ0v) is 15.1. The minimum Gasteiger partial charge on any atom is -0.462 e. The molecule has 25 heavy (non-hydrogen) atoms. The highest BCUT2D eigenvalue weighted by molar-refractivity contribution is 5.86. The minimum atomic E-state index is -0.981. The summed E-state index contributed by atoms with van der Waals surface area (Å²) in [6, 6.07) is 0. The number of esters is 2. The van der Waals surface area contributed by atoms with E-state index in [0.29, 0.717) is 56.1 Å². The summed E-state index contributed by atoms with van der Waals surface area (Å²) in [5.74, 6) is 0.529. The first-order chi connectivity index (χ1) is 11.9. The van der Waals surface area contributed by atoms with Crippen LogP contribution in [0, 0.1) is 17.8 Å². The number of hydrogen-bond donors (Lipinski definition) is 0. The topological polar surface area (TPSA) is 52.6 Å². The van der Waals surface area contributed by atoms with Crippen LogP contribution < -0.4 is 0 Å². The molecule has 140 valence electrons. The number of hydrogen-bond acceptors (Lipinski definition) is 4. The first kappa shape index (κ1) is 18.4. The summed E-state index contributed by atoms with van der Waals surface area (Å²) in [6.45, 7) is 5.47. The maximum absolute atomic E-state index is 14.8. The van der Waals surface area contributed by atoms with Crippen molar-refractivity contribution < 1.29 is 23.5 Å². The van der Waals surface area contributed by atoms with Crippen LogP contribution in [0.15, 0.2) is 12.2 Å². The first-order valence-corrected chi connectivity index (χ1v) is 9.58. The SMILES string of the molecule is C=C(C)C(=O)OCCCCCC(=O)OC12CC3CC(CC(C3)C1F)C2. The minimum absolute atomic E-state index is 0.0991. The standard InChI is InChI=1S/C20H29FO4/c1-13(2)19(23)24-7-5-3-4-6-17(22)25-20-11-14-8-15(12-20)10-16(9-14)18(20)21/h14-16,18H,1,3-12H2,2H3. The fraction of sp³-hybridized carbons (Fsp3) is 0.800. The van der Waals surface area contributed by atoms with E-state index < -0.39 is 11.8 Å². The summed E-state index contributed by atoms with van der Waals surface area (Å²) >= 11 is 0. The average molecular weight is 352 g/mol. The van der Waals surface area contributed by atoms with Crippen LogP contribution in [-0.4, -0.2) is 30.3 Å². The third-order valence-electron chi connectivity index (χ3n) is 6.05. The Hall–Kier alpha value is -1.39. The van der Waals surface area contributed by atoms with Crippen LogP contribution in [-0.2, 0) is 19.1 Å². The van der Waals surface area contributed by atoms with Gasteiger partial charge in [0.1, 0.15) is 11.8 Å². The van der Waals surface area contributed by atoms with Crippen molar-refractivity contribution in [3.63, 3.8) is 0 Å². The number of ether oxygens (including phenoxy) is 2. The predicted molar refractivity (Wildman–Crippen MR) is 91.5 cm³/mol. The summed E-state index contributed by atoms with van der Waals surface area (Å²) < 4.78 is 25.5. The van der Waals surface area contributed by atoms with Gasteiger partial charge >= 0.3 is 11.9 Å². The number of rotatable bonds is 8. The second-order valence-corrected chi connectivity index (χ2v) is 8.28. The number of carbonyl (C=O) groups is 2. The Balaban J connectivity index is 1.37. The Kier molecular flexibility index (Phi) is 5.49. The van der Waals surface area contributed by atoms with Crippen molar-refractivity contribution in [2.75, 3.05) is 6.61 Å². The van der Waals surface area contributed by atoms with E-state index in [9.17, 15) is 14.0 Å². The monoisotopic (exact) mass is 352 g/mol. The third kappa shape index (κ3) is 4.06. The average Bonchev–Trinajstić information content (AvgIpc) is 2.54. The molecule has 4 fully saturated rings. The number of carbonyl (C=O) groups excluding carboxylic acids is 2. The normalized spacial score (nSPS) is 35.4. The second-order valence-electron chi connectivity index (χ2n) is 8.28. The summed E-state index contributed by atoms with van der Waals surface area (Å²) in [4.78, 5) is 23.5. The highest BCUT2D eigenvalue weighted by Gasteiger charge is 2.60. The van der Waals surface area contributed by atoms with Crippen LogP contribution in [0.1, 0.15) is 64.7 Å². The molecule has 0 spiro atoms. The molecule has 4 nitrogen and oxygen atoms in total. The lowest BCUT2D eigenvalue weighted by Gasteiger charge is -2.57. The molecule has 0 saturated heterocycles. The molecule has 3 unspecified atom stereocenters. The van der Waals surface area contributed by atoms with Crippen LogP contribution in [0.5, 0.6) is 0 Å². The summed E-state index contributed by atoms with van der Waals surface area (Å²) in [5, 5.41) is 0. The smallest absolute Gasteiger partial charge is 0.333 e. The molecule has 0 amide bonds. The lowest BCUT2D eigenvalue weighted by molar-refractivity contribution is -0.211. The van der Waals surface area contributed by atoms with Gasteiger partial charge < -0.3 is 9.47 Å². The van der Waals surface area contributed by atoms with E-state index in [1.54, 1.807) is 6.92 Å². The molecular formula is C20H29FO4. The van der Waals surface area contributed by atoms with Crippen molar-refractivity contribution in [1.29, 1.82) is 0 Å². The van der Waals surface area contributed by atoms with Crippen LogP contribution in [0.2, 0.25) is 0 Å². The molecule has 3 atom stereocenters. The fourth-order valence-corrected chi connectivity index (χ4v) is 5.16. The Bertz CT molecular complexity index is 530. The second kappa shape index (κ2) is 7.46. The molecule has 4 bridgehead atoms. The van der Waals surface area contributed by atoms with Gasteiger partial charge in [-0.25, -0.2) is 9.18 Å². The quantitative estimate of drug-likeness (QED) is 0.374. The zero-order chi connectivity index (χ0) is 18.0. The van der Waals surface area contributed by atoms with Crippen LogP contribution in [0.4, 0.5) is 4.39 Å². The molecule has 4 saturated carbocycles. The van der Waals surface area contributed by atoms with E-state index in [2.05, 4.69) is 6.58 Å². The maximum atomic E-state index is 14.8. The van der Waals surface area contributed by atoms with E-state index in [4.69, 9.17) is 9.47 Å². The summed E-state index contributed by atoms with van der Waals surface area (Å²) in [6.07, 6.45) is 6.04. The van der Waals surface area contributed by atoms with Crippen molar-refractivity contribution in [2.24, 2.45) is 17.8 Å². The zero-order valence-electron chi connectivity index (χ0n) is 15.1. The van der Waals surface area contributed by atoms with Gasteiger partial charge in [0.2, 0.25) is 0 Å². The van der Waals surface area contributed by atoms with Crippen molar-refractivity contribution >= 4 is 11.9 Å². The molecule has 0 N–H and O–H groups in total. The highest BCUT2D eigenvalue weighted by atomic mass is 19.1. The Morgan fingerprint density at radius 1 is 1.12 bits per heavy atom. The third-order valence-corrected chi connectivity index (χ3v) is 6.05. The van der Waals surface area contributed by atoms with E-state index in [0.717, 1.165) is 19.3 Å². The van der Waals surface area contributed by atoms with Gasteiger partial charge in [-0.2, -0.15) is 0 Å². The molecule has 4 aliphatic rings. The van der Waals surface area contributed by atoms with Crippen LogP contribution in [0.25, 0.3) is 0 Å². The molecule has 4 aliphatic carbocycles. The summed E-state index contributed by atoms with van der Waals surface area (Å²) in [7, 11) is 0. The number of halogens is 1. The van der Waals surface area contributed by atoms with Crippen molar-refractivity contribution in [3.05, 3.63) is 12.2 Å². The lowest BCUT2D eigenvalue weighted by atomic mass is 9.53. The van der Waals surface area contributed by atoms with Gasteiger partial charge in [0, 0.05) is 12.0 Å². The van der Waals surface area contributed by atoms with Gasteiger partial charge in [-0.3, -0.25) is 4.79 Å². The van der Waals surface area contributed by atoms with Crippen LogP contribution in [0.3, 0.4) is 0 Å². The van der Waals surface area contributed by atoms with E-state index in [1.807, 2.05) is 0 Å². The fourth-order valence-electron chi connectivity index (χ4n) is 5.16. The largest absolute Gasteiger partial charge is 0.462 e. The van der Waals surface area contributed by atoms with E-state index >= 15 is 0 Å². The predicted octanol–water partition coefficient (Wildman–Crippen LogP) is 4.13. The van der Waals surface area contributed by atoms with Crippen molar-refractivity contribution in [3.8, 4) is 0 Å². The van der Waals surface area contributed by atoms with Gasteiger partial charge in [-0.1, -0.05) is 6.58 Å². The Morgan fingerprint density at radius 3 is 2.44 bits per heavy atom. The van der Waals surface area contributed by atoms with Gasteiger partial charge in [-0.15, -0.1) is 0 Å². The van der Waals surface area contributed by atoms with Crippen LogP contribution >= 0.6 is 0 Å². The number of alkyl halides is 1. The highest BCUT2D eigenvalue weighted by Crippen LogP contribution is 2.58. The van der Waals surface area contributed by atoms with E-state index in [-0.39, 0.29) is 17.9 Å². The molecule has 0 aliphatic heterocycles. The molecule has 0 aromatic rings. The van der Waals surface area contributed by atoms with Gasteiger partial charge in [0.15, 0.2) is 0 Å². The molecule has 0 heterocycles. The van der Waals surface area contributed by atoms with Crippen molar-refractivity contribution in [1.82, 2.24) is 0 Å². The molecule has 0 radical (unpaired) electrons. The molecule has 0 aromatic carbocycles. The van der Waals surface area contributed by atoms with E-state index in [1.165, 1.54) is 6.42 Å². The van der Waals surface area contributed by atoms with Crippen molar-refractivity contribution in [2.45, 2.75) is 76.5 Å². The Morgan fingerprint density at radius 2 is 1.80 bits per heavy atom. The summed E-state index contributed by atoms with van der Waals surface area (Å²) in [5.41, 5.74) is -0.442. The lowest BCUT2D eigenvalue weighted by Crippen LogP contribution is -2.60. The number of unbranched alkanes of at least 4 members (excludes halogenated alkanes) is 2. The molecule has 5 heteroatoms. The molecule has 4 rings (SSSR count). The Labute approximate surface area is 149 Å². The van der Waals surface area contributed by atoms with Gasteiger partial charge in [-0.05, 0) is 76.0 Å². The maximum Gasteiger partial charge on any atom is 0.333 e. The molecule has 0 aromatic heterocycles.